The van der Waals surface area contributed by atoms with E-state index in [0.29, 0.717) is 24.5 Å². The van der Waals surface area contributed by atoms with Crippen LogP contribution in [0, 0.1) is 0 Å². The van der Waals surface area contributed by atoms with Gasteiger partial charge in [-0.15, -0.1) is 0 Å². The Balaban J connectivity index is 1.69. The lowest BCUT2D eigenvalue weighted by molar-refractivity contribution is -0.126. The first kappa shape index (κ1) is 23.8. The van der Waals surface area contributed by atoms with Crippen LogP contribution in [0.1, 0.15) is 42.1 Å². The smallest absolute Gasteiger partial charge is 0.261 e. The minimum Gasteiger partial charge on any atom is -0.493 e. The normalized spacial score (nSPS) is 9.97. The highest BCUT2D eigenvalue weighted by Gasteiger charge is 2.14. The topological polar surface area (TPSA) is 109 Å². The Morgan fingerprint density at radius 3 is 2.32 bits per heavy atom. The molecule has 2 aromatic rings. The number of para-hydroxylation sites is 1. The molecule has 4 N–H and O–H groups in total. The fourth-order valence-electron chi connectivity index (χ4n) is 2.49. The van der Waals surface area contributed by atoms with Gasteiger partial charge in [0.15, 0.2) is 5.11 Å². The van der Waals surface area contributed by atoms with E-state index in [1.54, 1.807) is 24.3 Å². The molecular weight excluding hydrogens is 416 g/mol. The van der Waals surface area contributed by atoms with Crippen LogP contribution in [0.3, 0.4) is 0 Å². The number of hydrogen-bond acceptors (Lipinski definition) is 5. The molecule has 0 saturated heterocycles. The molecule has 0 atom stereocenters. The third-order valence-electron chi connectivity index (χ3n) is 4.05. The zero-order valence-corrected chi connectivity index (χ0v) is 18.1. The molecule has 0 spiro atoms. The molecule has 0 radical (unpaired) electrons. The van der Waals surface area contributed by atoms with Crippen LogP contribution in [0.15, 0.2) is 54.6 Å². The lowest BCUT2D eigenvalue weighted by atomic mass is 10.2. The summed E-state index contributed by atoms with van der Waals surface area (Å²) in [6, 6.07) is 16.3. The molecule has 8 nitrogen and oxygen atoms in total. The van der Waals surface area contributed by atoms with Crippen LogP contribution in [0.4, 0.5) is 0 Å². The Bertz CT molecular complexity index is 905. The van der Waals surface area contributed by atoms with Gasteiger partial charge in [0, 0.05) is 19.4 Å². The zero-order chi connectivity index (χ0) is 22.5. The summed E-state index contributed by atoms with van der Waals surface area (Å²) in [5.74, 6) is -0.675. The number of carbonyl (C=O) groups is 3. The number of ether oxygens (including phenoxy) is 1. The highest BCUT2D eigenvalue weighted by atomic mass is 32.1. The van der Waals surface area contributed by atoms with Crippen molar-refractivity contribution in [3.8, 4) is 5.75 Å². The van der Waals surface area contributed by atoms with Crippen LogP contribution in [-0.4, -0.2) is 29.4 Å². The number of hydrazine groups is 1. The summed E-state index contributed by atoms with van der Waals surface area (Å²) in [5.41, 5.74) is 6.13. The Labute approximate surface area is 186 Å². The molecule has 0 bridgehead atoms. The van der Waals surface area contributed by atoms with E-state index in [9.17, 15) is 14.4 Å². The molecule has 0 saturated carbocycles. The third-order valence-corrected chi connectivity index (χ3v) is 4.25. The Morgan fingerprint density at radius 2 is 1.58 bits per heavy atom. The van der Waals surface area contributed by atoms with Crippen molar-refractivity contribution >= 4 is 35.1 Å². The van der Waals surface area contributed by atoms with E-state index in [2.05, 4.69) is 21.5 Å². The minimum atomic E-state index is -0.459. The van der Waals surface area contributed by atoms with Crippen molar-refractivity contribution in [2.75, 3.05) is 6.61 Å². The Morgan fingerprint density at radius 1 is 0.903 bits per heavy atom. The summed E-state index contributed by atoms with van der Waals surface area (Å²) in [6.07, 6.45) is 0.811. The molecular formula is C22H26N4O4S. The van der Waals surface area contributed by atoms with E-state index in [4.69, 9.17) is 17.0 Å². The van der Waals surface area contributed by atoms with Gasteiger partial charge in [-0.2, -0.15) is 0 Å². The molecule has 0 aliphatic heterocycles. The number of nitrogens with one attached hydrogen (secondary N) is 4. The highest BCUT2D eigenvalue weighted by Crippen LogP contribution is 2.17. The lowest BCUT2D eigenvalue weighted by Crippen LogP contribution is -2.48. The Kier molecular flexibility index (Phi) is 9.96. The second-order valence-corrected chi connectivity index (χ2v) is 6.97. The summed E-state index contributed by atoms with van der Waals surface area (Å²) in [6.45, 7) is 2.86. The van der Waals surface area contributed by atoms with Crippen molar-refractivity contribution in [3.05, 3.63) is 65.7 Å². The zero-order valence-electron chi connectivity index (χ0n) is 17.3. The van der Waals surface area contributed by atoms with Gasteiger partial charge in [0.2, 0.25) is 11.8 Å². The average Bonchev–Trinajstić information content (AvgIpc) is 2.79. The first-order valence-electron chi connectivity index (χ1n) is 9.92. The molecule has 0 aliphatic carbocycles. The molecule has 0 aliphatic rings. The molecule has 2 aromatic carbocycles. The lowest BCUT2D eigenvalue weighted by Gasteiger charge is -2.13. The van der Waals surface area contributed by atoms with Crippen molar-refractivity contribution in [3.63, 3.8) is 0 Å². The van der Waals surface area contributed by atoms with Crippen LogP contribution in [0.5, 0.6) is 5.75 Å². The van der Waals surface area contributed by atoms with E-state index in [0.717, 1.165) is 12.0 Å². The maximum atomic E-state index is 12.4. The molecule has 2 rings (SSSR count). The van der Waals surface area contributed by atoms with Gasteiger partial charge < -0.3 is 10.1 Å². The van der Waals surface area contributed by atoms with E-state index in [1.165, 1.54) is 0 Å². The molecule has 31 heavy (non-hydrogen) atoms. The maximum Gasteiger partial charge on any atom is 0.261 e. The summed E-state index contributed by atoms with van der Waals surface area (Å²) in [5, 5.41) is 5.16. The van der Waals surface area contributed by atoms with Gasteiger partial charge in [-0.25, -0.2) is 0 Å². The van der Waals surface area contributed by atoms with Gasteiger partial charge >= 0.3 is 0 Å². The van der Waals surface area contributed by atoms with Crippen LogP contribution in [-0.2, 0) is 16.1 Å². The molecule has 3 amide bonds. The minimum absolute atomic E-state index is 0.0294. The van der Waals surface area contributed by atoms with Crippen molar-refractivity contribution in [1.82, 2.24) is 21.5 Å². The van der Waals surface area contributed by atoms with Crippen molar-refractivity contribution in [1.29, 1.82) is 0 Å². The molecule has 0 aromatic heterocycles. The van der Waals surface area contributed by atoms with Crippen LogP contribution < -0.4 is 26.2 Å². The number of benzene rings is 2. The monoisotopic (exact) mass is 442 g/mol. The van der Waals surface area contributed by atoms with Crippen LogP contribution in [0.2, 0.25) is 0 Å². The summed E-state index contributed by atoms with van der Waals surface area (Å²) >= 11 is 5.03. The summed E-state index contributed by atoms with van der Waals surface area (Å²) in [7, 11) is 0. The first-order chi connectivity index (χ1) is 15.0. The number of thiocarbonyl (C=S) groups is 1. The molecule has 0 heterocycles. The van der Waals surface area contributed by atoms with Gasteiger partial charge in [-0.05, 0) is 36.3 Å². The van der Waals surface area contributed by atoms with Gasteiger partial charge in [0.25, 0.3) is 5.91 Å². The largest absolute Gasteiger partial charge is 0.493 e. The second-order valence-electron chi connectivity index (χ2n) is 6.56. The second kappa shape index (κ2) is 13.0. The van der Waals surface area contributed by atoms with Crippen molar-refractivity contribution < 1.29 is 19.1 Å². The first-order valence-corrected chi connectivity index (χ1v) is 10.3. The van der Waals surface area contributed by atoms with E-state index >= 15 is 0 Å². The number of hydrogen-bond donors (Lipinski definition) is 4. The summed E-state index contributed by atoms with van der Waals surface area (Å²) in [4.78, 5) is 36.2. The molecule has 164 valence electrons. The number of amides is 3. The predicted octanol–water partition coefficient (Wildman–Crippen LogP) is 2.21. The van der Waals surface area contributed by atoms with E-state index in [1.807, 2.05) is 37.3 Å². The maximum absolute atomic E-state index is 12.4. The Hall–Kier alpha value is -3.46. The number of carbonyl (C=O) groups excluding carboxylic acids is 3. The fourth-order valence-corrected chi connectivity index (χ4v) is 2.64. The van der Waals surface area contributed by atoms with Crippen molar-refractivity contribution in [2.24, 2.45) is 0 Å². The predicted molar refractivity (Wildman–Crippen MR) is 121 cm³/mol. The van der Waals surface area contributed by atoms with E-state index in [-0.39, 0.29) is 23.9 Å². The standard InChI is InChI=1S/C22H26N4O4S/c1-2-14-30-18-11-7-6-10-17(18)21(29)24-22(31)26-25-20(28)13-12-19(27)23-15-16-8-4-3-5-9-16/h3-11H,2,12-15H2,1H3,(H,23,27)(H,25,28)(H2,24,26,29,31). The molecule has 0 fully saturated rings. The molecule has 0 unspecified atom stereocenters. The van der Waals surface area contributed by atoms with E-state index < -0.39 is 11.8 Å². The highest BCUT2D eigenvalue weighted by molar-refractivity contribution is 7.80. The van der Waals surface area contributed by atoms with Gasteiger partial charge in [0.05, 0.1) is 12.2 Å². The molecule has 9 heteroatoms. The van der Waals surface area contributed by atoms with Gasteiger partial charge in [0.1, 0.15) is 5.75 Å². The third kappa shape index (κ3) is 8.83. The average molecular weight is 443 g/mol. The SMILES string of the molecule is CCCOc1ccccc1C(=O)NC(=S)NNC(=O)CCC(=O)NCc1ccccc1. The van der Waals surface area contributed by atoms with Crippen LogP contribution in [0.25, 0.3) is 0 Å². The fraction of sp³-hybridized carbons (Fsp3) is 0.273. The van der Waals surface area contributed by atoms with Gasteiger partial charge in [-0.3, -0.25) is 30.6 Å². The van der Waals surface area contributed by atoms with Crippen LogP contribution >= 0.6 is 12.2 Å². The van der Waals surface area contributed by atoms with Gasteiger partial charge in [-0.1, -0.05) is 49.4 Å². The summed E-state index contributed by atoms with van der Waals surface area (Å²) < 4.78 is 5.56. The number of rotatable bonds is 9. The quantitative estimate of drug-likeness (QED) is 0.350. The van der Waals surface area contributed by atoms with Crippen molar-refractivity contribution in [2.45, 2.75) is 32.7 Å².